The highest BCUT2D eigenvalue weighted by Crippen LogP contribution is 2.23. The Kier molecular flexibility index (Phi) is 12.0. The molecular weight excluding hydrogens is 508 g/mol. The number of halogens is 4. The van der Waals surface area contributed by atoms with Crippen molar-refractivity contribution < 1.29 is 13.2 Å². The van der Waals surface area contributed by atoms with E-state index in [1.807, 2.05) is 13.1 Å². The van der Waals surface area contributed by atoms with Crippen molar-refractivity contribution in [1.82, 2.24) is 25.1 Å². The average Bonchev–Trinajstić information content (AvgIpc) is 3.06. The molecule has 1 aromatic rings. The lowest BCUT2D eigenvalue weighted by molar-refractivity contribution is -0.148. The third-order valence-corrected chi connectivity index (χ3v) is 5.04. The number of rotatable bonds is 9. The third-order valence-electron chi connectivity index (χ3n) is 5.04. The fourth-order valence-electron chi connectivity index (χ4n) is 3.62. The van der Waals surface area contributed by atoms with Gasteiger partial charge in [-0.3, -0.25) is 4.90 Å². The summed E-state index contributed by atoms with van der Waals surface area (Å²) in [7, 11) is 0. The average molecular weight is 544 g/mol. The Morgan fingerprint density at radius 2 is 1.97 bits per heavy atom. The van der Waals surface area contributed by atoms with Crippen LogP contribution in [-0.4, -0.2) is 59.3 Å². The summed E-state index contributed by atoms with van der Waals surface area (Å²) in [5.41, 5.74) is 0. The highest BCUT2D eigenvalue weighted by molar-refractivity contribution is 14.0. The normalized spacial score (nSPS) is 16.6. The van der Waals surface area contributed by atoms with Gasteiger partial charge in [0.15, 0.2) is 5.96 Å². The molecule has 2 rings (SSSR count). The van der Waals surface area contributed by atoms with Crippen LogP contribution in [-0.2, 0) is 13.1 Å². The van der Waals surface area contributed by atoms with Gasteiger partial charge in [0.1, 0.15) is 12.4 Å². The standard InChI is InChI=1S/C20H35F3N6.HI/c1-4-24-19(27-13-18-25-9-12-29(18)14-16(2)3)26-8-5-17-6-10-28(11-7-17)15-20(21,22)23;/h9,12,16-17H,4-8,10-11,13-15H2,1-3H3,(H2,24,26,27);1H. The SMILES string of the molecule is CCNC(=NCc1nccn1CC(C)C)NCCC1CCN(CC(F)(F)F)CC1.I. The number of imidazole rings is 1. The molecule has 1 aromatic heterocycles. The largest absolute Gasteiger partial charge is 0.401 e. The molecule has 0 radical (unpaired) electrons. The van der Waals surface area contributed by atoms with E-state index in [1.165, 1.54) is 4.90 Å². The Hall–Kier alpha value is -1.04. The molecule has 0 atom stereocenters. The van der Waals surface area contributed by atoms with Crippen molar-refractivity contribution in [2.24, 2.45) is 16.8 Å². The van der Waals surface area contributed by atoms with Gasteiger partial charge in [-0.2, -0.15) is 13.2 Å². The maximum Gasteiger partial charge on any atom is 0.401 e. The van der Waals surface area contributed by atoms with Gasteiger partial charge in [0.05, 0.1) is 6.54 Å². The zero-order valence-corrected chi connectivity index (χ0v) is 20.5. The van der Waals surface area contributed by atoms with E-state index in [0.29, 0.717) is 31.5 Å². The quantitative estimate of drug-likeness (QED) is 0.282. The van der Waals surface area contributed by atoms with E-state index in [1.54, 1.807) is 6.20 Å². The molecule has 1 fully saturated rings. The van der Waals surface area contributed by atoms with Crippen molar-refractivity contribution >= 4 is 29.9 Å². The monoisotopic (exact) mass is 544 g/mol. The number of piperidine rings is 1. The summed E-state index contributed by atoms with van der Waals surface area (Å²) >= 11 is 0. The van der Waals surface area contributed by atoms with Gasteiger partial charge in [0.2, 0.25) is 0 Å². The number of aliphatic imine (C=N–C) groups is 1. The fraction of sp³-hybridized carbons (Fsp3) is 0.800. The molecule has 6 nitrogen and oxygen atoms in total. The first-order valence-electron chi connectivity index (χ1n) is 10.6. The minimum absolute atomic E-state index is 0. The molecule has 0 amide bonds. The lowest BCUT2D eigenvalue weighted by Gasteiger charge is -2.32. The van der Waals surface area contributed by atoms with E-state index < -0.39 is 12.7 Å². The number of hydrogen-bond donors (Lipinski definition) is 2. The molecule has 2 heterocycles. The predicted molar refractivity (Wildman–Crippen MR) is 125 cm³/mol. The van der Waals surface area contributed by atoms with Crippen LogP contribution in [0.25, 0.3) is 0 Å². The van der Waals surface area contributed by atoms with E-state index in [4.69, 9.17) is 0 Å². The van der Waals surface area contributed by atoms with Gasteiger partial charge < -0.3 is 15.2 Å². The number of alkyl halides is 3. The highest BCUT2D eigenvalue weighted by Gasteiger charge is 2.32. The summed E-state index contributed by atoms with van der Waals surface area (Å²) in [4.78, 5) is 10.5. The van der Waals surface area contributed by atoms with E-state index in [9.17, 15) is 13.2 Å². The topological polar surface area (TPSA) is 57.5 Å². The first-order chi connectivity index (χ1) is 13.8. The molecule has 0 unspecified atom stereocenters. The Morgan fingerprint density at radius 1 is 1.27 bits per heavy atom. The molecule has 174 valence electrons. The second-order valence-electron chi connectivity index (χ2n) is 8.13. The number of likely N-dealkylation sites (tertiary alicyclic amines) is 1. The van der Waals surface area contributed by atoms with E-state index in [2.05, 4.69) is 39.0 Å². The number of nitrogens with zero attached hydrogens (tertiary/aromatic N) is 4. The molecule has 30 heavy (non-hydrogen) atoms. The molecule has 1 saturated heterocycles. The van der Waals surface area contributed by atoms with Gasteiger partial charge in [-0.05, 0) is 51.1 Å². The Morgan fingerprint density at radius 3 is 2.57 bits per heavy atom. The molecule has 0 bridgehead atoms. The van der Waals surface area contributed by atoms with E-state index >= 15 is 0 Å². The first-order valence-corrected chi connectivity index (χ1v) is 10.6. The van der Waals surface area contributed by atoms with Gasteiger partial charge in [-0.1, -0.05) is 13.8 Å². The van der Waals surface area contributed by atoms with Crippen molar-refractivity contribution in [2.45, 2.75) is 59.3 Å². The summed E-state index contributed by atoms with van der Waals surface area (Å²) in [6.45, 7) is 9.58. The zero-order valence-electron chi connectivity index (χ0n) is 18.2. The lowest BCUT2D eigenvalue weighted by Crippen LogP contribution is -2.41. The summed E-state index contributed by atoms with van der Waals surface area (Å²) < 4.78 is 39.6. The van der Waals surface area contributed by atoms with Crippen molar-refractivity contribution in [3.8, 4) is 0 Å². The van der Waals surface area contributed by atoms with Crippen LogP contribution < -0.4 is 10.6 Å². The summed E-state index contributed by atoms with van der Waals surface area (Å²) in [5.74, 6) is 2.69. The first kappa shape index (κ1) is 27.0. The number of aromatic nitrogens is 2. The van der Waals surface area contributed by atoms with Crippen molar-refractivity contribution in [3.63, 3.8) is 0 Å². The predicted octanol–water partition coefficient (Wildman–Crippen LogP) is 3.88. The van der Waals surface area contributed by atoms with Gasteiger partial charge in [0.25, 0.3) is 0 Å². The minimum Gasteiger partial charge on any atom is -0.357 e. The molecular formula is C20H36F3IN6. The molecule has 10 heteroatoms. The maximum atomic E-state index is 12.5. The summed E-state index contributed by atoms with van der Waals surface area (Å²) in [6, 6.07) is 0. The van der Waals surface area contributed by atoms with Crippen LogP contribution in [0.2, 0.25) is 0 Å². The molecule has 0 spiro atoms. The van der Waals surface area contributed by atoms with Crippen molar-refractivity contribution in [3.05, 3.63) is 18.2 Å². The van der Waals surface area contributed by atoms with Crippen molar-refractivity contribution in [2.75, 3.05) is 32.7 Å². The van der Waals surface area contributed by atoms with E-state index in [0.717, 1.165) is 50.7 Å². The van der Waals surface area contributed by atoms with Gasteiger partial charge >= 0.3 is 6.18 Å². The maximum absolute atomic E-state index is 12.5. The van der Waals surface area contributed by atoms with Crippen LogP contribution in [0.1, 0.15) is 45.9 Å². The van der Waals surface area contributed by atoms with Crippen LogP contribution in [0.3, 0.4) is 0 Å². The van der Waals surface area contributed by atoms with Crippen LogP contribution in [0, 0.1) is 11.8 Å². The van der Waals surface area contributed by atoms with Crippen LogP contribution in [0.4, 0.5) is 13.2 Å². The number of hydrogen-bond acceptors (Lipinski definition) is 3. The fourth-order valence-corrected chi connectivity index (χ4v) is 3.62. The van der Waals surface area contributed by atoms with Gasteiger partial charge in [-0.15, -0.1) is 24.0 Å². The molecule has 1 aliphatic heterocycles. The number of guanidine groups is 1. The summed E-state index contributed by atoms with van der Waals surface area (Å²) in [6.07, 6.45) is 2.26. The second kappa shape index (κ2) is 13.4. The molecule has 0 saturated carbocycles. The Bertz CT molecular complexity index is 624. The van der Waals surface area contributed by atoms with Crippen LogP contribution in [0.5, 0.6) is 0 Å². The molecule has 0 aliphatic carbocycles. The third kappa shape index (κ3) is 10.3. The second-order valence-corrected chi connectivity index (χ2v) is 8.13. The van der Waals surface area contributed by atoms with Crippen molar-refractivity contribution in [1.29, 1.82) is 0 Å². The van der Waals surface area contributed by atoms with Gasteiger partial charge in [0, 0.05) is 32.0 Å². The molecule has 2 N–H and O–H groups in total. The van der Waals surface area contributed by atoms with Crippen LogP contribution >= 0.6 is 24.0 Å². The smallest absolute Gasteiger partial charge is 0.357 e. The summed E-state index contributed by atoms with van der Waals surface area (Å²) in [5, 5.41) is 6.59. The highest BCUT2D eigenvalue weighted by atomic mass is 127. The van der Waals surface area contributed by atoms with Crippen LogP contribution in [0.15, 0.2) is 17.4 Å². The Labute approximate surface area is 195 Å². The lowest BCUT2D eigenvalue weighted by atomic mass is 9.93. The number of nitrogens with one attached hydrogen (secondary N) is 2. The molecule has 1 aliphatic rings. The van der Waals surface area contributed by atoms with E-state index in [-0.39, 0.29) is 24.0 Å². The Balaban J connectivity index is 0.00000450. The zero-order chi connectivity index (χ0) is 21.3. The molecule has 0 aromatic carbocycles. The minimum atomic E-state index is -4.10. The van der Waals surface area contributed by atoms with Gasteiger partial charge in [-0.25, -0.2) is 9.98 Å².